The minimum absolute atomic E-state index is 0. The molecule has 0 spiro atoms. The van der Waals surface area contributed by atoms with Crippen LogP contribution in [0.3, 0.4) is 0 Å². The minimum Gasteiger partial charge on any atom is -0.468 e. The highest BCUT2D eigenvalue weighted by atomic mass is 127. The van der Waals surface area contributed by atoms with Crippen molar-refractivity contribution in [1.82, 2.24) is 15.5 Å². The first-order valence-corrected chi connectivity index (χ1v) is 11.0. The molecule has 0 bridgehead atoms. The largest absolute Gasteiger partial charge is 0.468 e. The Morgan fingerprint density at radius 1 is 1.31 bits per heavy atom. The molecule has 0 aromatic carbocycles. The molecule has 4 atom stereocenters. The van der Waals surface area contributed by atoms with Crippen molar-refractivity contribution < 1.29 is 9.15 Å². The lowest BCUT2D eigenvalue weighted by Crippen LogP contribution is -2.68. The van der Waals surface area contributed by atoms with Gasteiger partial charge in [-0.3, -0.25) is 9.89 Å². The number of rotatable bonds is 6. The second-order valence-corrected chi connectivity index (χ2v) is 9.03. The Labute approximate surface area is 192 Å². The summed E-state index contributed by atoms with van der Waals surface area (Å²) in [6.07, 6.45) is 7.16. The minimum atomic E-state index is 0. The summed E-state index contributed by atoms with van der Waals surface area (Å²) in [5.74, 6) is 2.54. The molecule has 1 aliphatic carbocycles. The number of hydrogen-bond acceptors (Lipinski definition) is 4. The number of furan rings is 1. The summed E-state index contributed by atoms with van der Waals surface area (Å²) in [5.41, 5.74) is 0.143. The summed E-state index contributed by atoms with van der Waals surface area (Å²) in [7, 11) is 0. The van der Waals surface area contributed by atoms with Crippen LogP contribution >= 0.6 is 24.0 Å². The number of piperidine rings is 1. The first-order chi connectivity index (χ1) is 13.6. The molecule has 1 aromatic rings. The van der Waals surface area contributed by atoms with Crippen molar-refractivity contribution >= 4 is 29.9 Å². The van der Waals surface area contributed by atoms with Crippen molar-refractivity contribution in [2.45, 2.75) is 64.6 Å². The molecule has 3 fully saturated rings. The lowest BCUT2D eigenvalue weighted by molar-refractivity contribution is -0.106. The van der Waals surface area contributed by atoms with Crippen LogP contribution in [0.25, 0.3) is 0 Å². The Balaban J connectivity index is 0.00000240. The molecule has 0 radical (unpaired) electrons. The maximum Gasteiger partial charge on any atom is 0.191 e. The third-order valence-corrected chi connectivity index (χ3v) is 6.86. The number of nitrogens with one attached hydrogen (secondary N) is 2. The molecule has 0 amide bonds. The van der Waals surface area contributed by atoms with Crippen LogP contribution in [0.15, 0.2) is 27.8 Å². The number of halogens is 1. The quantitative estimate of drug-likeness (QED) is 0.342. The summed E-state index contributed by atoms with van der Waals surface area (Å²) >= 11 is 0. The van der Waals surface area contributed by atoms with Gasteiger partial charge in [-0.1, -0.05) is 20.3 Å². The molecule has 1 saturated carbocycles. The average Bonchev–Trinajstić information content (AvgIpc) is 3.38. The van der Waals surface area contributed by atoms with Crippen molar-refractivity contribution in [1.29, 1.82) is 0 Å². The van der Waals surface area contributed by atoms with Crippen LogP contribution in [0.1, 0.15) is 58.3 Å². The van der Waals surface area contributed by atoms with E-state index in [2.05, 4.69) is 42.4 Å². The van der Waals surface area contributed by atoms with Crippen molar-refractivity contribution in [3.05, 3.63) is 24.2 Å². The van der Waals surface area contributed by atoms with E-state index in [1.807, 2.05) is 6.07 Å². The van der Waals surface area contributed by atoms with Gasteiger partial charge in [0.05, 0.1) is 25.0 Å². The van der Waals surface area contributed by atoms with E-state index in [-0.39, 0.29) is 35.4 Å². The molecule has 4 unspecified atom stereocenters. The third kappa shape index (κ3) is 4.77. The van der Waals surface area contributed by atoms with E-state index in [4.69, 9.17) is 14.1 Å². The molecule has 164 valence electrons. The van der Waals surface area contributed by atoms with Gasteiger partial charge in [0.2, 0.25) is 0 Å². The van der Waals surface area contributed by atoms with E-state index in [1.54, 1.807) is 6.26 Å². The normalized spacial score (nSPS) is 30.0. The number of fused-ring (bicyclic) bond motifs is 1. The van der Waals surface area contributed by atoms with Gasteiger partial charge in [0.15, 0.2) is 5.96 Å². The van der Waals surface area contributed by atoms with E-state index in [0.717, 1.165) is 44.4 Å². The highest BCUT2D eigenvalue weighted by molar-refractivity contribution is 14.0. The van der Waals surface area contributed by atoms with Crippen LogP contribution < -0.4 is 10.6 Å². The molecule has 3 aliphatic rings. The Kier molecular flexibility index (Phi) is 7.89. The van der Waals surface area contributed by atoms with Crippen molar-refractivity contribution in [2.75, 3.05) is 32.8 Å². The zero-order valence-electron chi connectivity index (χ0n) is 18.0. The fraction of sp³-hybridized carbons (Fsp3) is 0.773. The van der Waals surface area contributed by atoms with E-state index in [9.17, 15) is 0 Å². The fourth-order valence-electron chi connectivity index (χ4n) is 5.36. The molecule has 2 N–H and O–H groups in total. The van der Waals surface area contributed by atoms with Crippen molar-refractivity contribution in [2.24, 2.45) is 16.3 Å². The highest BCUT2D eigenvalue weighted by Crippen LogP contribution is 2.52. The van der Waals surface area contributed by atoms with Crippen LogP contribution in [-0.4, -0.2) is 55.8 Å². The number of likely N-dealkylation sites (tertiary alicyclic amines) is 1. The lowest BCUT2D eigenvalue weighted by atomic mass is 9.57. The summed E-state index contributed by atoms with van der Waals surface area (Å²) < 4.78 is 11.7. The summed E-state index contributed by atoms with van der Waals surface area (Å²) in [6, 6.07) is 4.69. The van der Waals surface area contributed by atoms with Crippen LogP contribution in [0.5, 0.6) is 0 Å². The third-order valence-electron chi connectivity index (χ3n) is 6.86. The smallest absolute Gasteiger partial charge is 0.191 e. The zero-order valence-corrected chi connectivity index (χ0v) is 20.4. The van der Waals surface area contributed by atoms with Gasteiger partial charge in [-0.2, -0.15) is 0 Å². The molecular weight excluding hydrogens is 479 g/mol. The van der Waals surface area contributed by atoms with Crippen LogP contribution in [0.4, 0.5) is 0 Å². The predicted molar refractivity (Wildman–Crippen MR) is 127 cm³/mol. The maximum atomic E-state index is 5.95. The molecule has 3 heterocycles. The molecule has 2 saturated heterocycles. The van der Waals surface area contributed by atoms with Gasteiger partial charge < -0.3 is 19.8 Å². The SMILES string of the molecule is CCNC(=NCC(c1ccco1)N1CCCCC1)NC1C2CCOC2C1(C)C.I. The molecule has 4 rings (SSSR count). The van der Waals surface area contributed by atoms with E-state index < -0.39 is 0 Å². The lowest BCUT2D eigenvalue weighted by Gasteiger charge is -2.55. The van der Waals surface area contributed by atoms with Crippen LogP contribution in [-0.2, 0) is 4.74 Å². The second kappa shape index (κ2) is 10.0. The standard InChI is InChI=1S/C22H36N4O2.HI/c1-4-23-21(25-19-16-10-14-28-20(16)22(19,2)3)24-15-17(18-9-8-13-27-18)26-11-6-5-7-12-26;/h8-9,13,16-17,19-20H,4-7,10-12,14-15H2,1-3H3,(H2,23,24,25);1H. The van der Waals surface area contributed by atoms with Gasteiger partial charge in [-0.15, -0.1) is 24.0 Å². The molecule has 6 nitrogen and oxygen atoms in total. The van der Waals surface area contributed by atoms with Gasteiger partial charge in [0.1, 0.15) is 5.76 Å². The first kappa shape index (κ1) is 22.9. The highest BCUT2D eigenvalue weighted by Gasteiger charge is 2.59. The van der Waals surface area contributed by atoms with Gasteiger partial charge in [0, 0.05) is 30.5 Å². The molecule has 2 aliphatic heterocycles. The molecule has 1 aromatic heterocycles. The van der Waals surface area contributed by atoms with Crippen molar-refractivity contribution in [3.8, 4) is 0 Å². The van der Waals surface area contributed by atoms with Crippen molar-refractivity contribution in [3.63, 3.8) is 0 Å². The number of hydrogen-bond donors (Lipinski definition) is 2. The van der Waals surface area contributed by atoms with Gasteiger partial charge in [-0.25, -0.2) is 0 Å². The summed E-state index contributed by atoms with van der Waals surface area (Å²) in [6.45, 7) is 11.4. The van der Waals surface area contributed by atoms with Gasteiger partial charge in [-0.05, 0) is 51.4 Å². The molecule has 7 heteroatoms. The fourth-order valence-corrected chi connectivity index (χ4v) is 5.36. The van der Waals surface area contributed by atoms with Crippen LogP contribution in [0.2, 0.25) is 0 Å². The monoisotopic (exact) mass is 516 g/mol. The maximum absolute atomic E-state index is 5.95. The molecular formula is C22H37IN4O2. The van der Waals surface area contributed by atoms with Gasteiger partial charge in [0.25, 0.3) is 0 Å². The average molecular weight is 516 g/mol. The Morgan fingerprint density at radius 3 is 2.79 bits per heavy atom. The Morgan fingerprint density at radius 2 is 2.10 bits per heavy atom. The number of nitrogens with zero attached hydrogens (tertiary/aromatic N) is 2. The zero-order chi connectivity index (χ0) is 19.6. The van der Waals surface area contributed by atoms with E-state index in [0.29, 0.717) is 24.6 Å². The summed E-state index contributed by atoms with van der Waals surface area (Å²) in [5, 5.41) is 7.18. The number of ether oxygens (including phenoxy) is 1. The second-order valence-electron chi connectivity index (χ2n) is 9.03. The number of aliphatic imine (C=N–C) groups is 1. The van der Waals surface area contributed by atoms with Gasteiger partial charge >= 0.3 is 0 Å². The Bertz CT molecular complexity index is 658. The molecule has 29 heavy (non-hydrogen) atoms. The predicted octanol–water partition coefficient (Wildman–Crippen LogP) is 3.79. The van der Waals surface area contributed by atoms with E-state index in [1.165, 1.54) is 19.3 Å². The first-order valence-electron chi connectivity index (χ1n) is 11.0. The van der Waals surface area contributed by atoms with Crippen LogP contribution in [0, 0.1) is 11.3 Å². The topological polar surface area (TPSA) is 62.0 Å². The Hall–Kier alpha value is -0.800. The van der Waals surface area contributed by atoms with E-state index >= 15 is 0 Å². The number of guanidine groups is 1. The summed E-state index contributed by atoms with van der Waals surface area (Å²) in [4.78, 5) is 7.53.